The average Bonchev–Trinajstić information content (AvgIpc) is 3.09. The summed E-state index contributed by atoms with van der Waals surface area (Å²) in [7, 11) is 3.28. The number of thioether (sulfide) groups is 1. The van der Waals surface area contributed by atoms with Gasteiger partial charge >= 0.3 is 0 Å². The summed E-state index contributed by atoms with van der Waals surface area (Å²) in [5.74, 6) is 3.06. The molecule has 0 aliphatic rings. The van der Waals surface area contributed by atoms with Crippen LogP contribution in [0.1, 0.15) is 11.1 Å². The minimum Gasteiger partial charge on any atom is -0.493 e. The molecule has 27 heavy (non-hydrogen) atoms. The van der Waals surface area contributed by atoms with Gasteiger partial charge in [-0.3, -0.25) is 4.57 Å². The molecule has 140 valence electrons. The molecule has 0 amide bonds. The van der Waals surface area contributed by atoms with Crippen molar-refractivity contribution in [3.63, 3.8) is 0 Å². The molecular weight excluding hydrogens is 358 g/mol. The Morgan fingerprint density at radius 2 is 1.89 bits per heavy atom. The fourth-order valence-corrected chi connectivity index (χ4v) is 3.70. The van der Waals surface area contributed by atoms with Gasteiger partial charge in [0, 0.05) is 17.9 Å². The maximum atomic E-state index is 5.38. The van der Waals surface area contributed by atoms with Crippen LogP contribution >= 0.6 is 11.8 Å². The summed E-state index contributed by atoms with van der Waals surface area (Å²) < 4.78 is 12.8. The van der Waals surface area contributed by atoms with Crippen LogP contribution in [0.5, 0.6) is 11.5 Å². The fourth-order valence-electron chi connectivity index (χ4n) is 2.81. The van der Waals surface area contributed by atoms with E-state index < -0.39 is 0 Å². The first-order chi connectivity index (χ1) is 13.2. The van der Waals surface area contributed by atoms with Crippen LogP contribution in [0, 0.1) is 6.92 Å². The second kappa shape index (κ2) is 8.77. The van der Waals surface area contributed by atoms with Crippen molar-refractivity contribution < 1.29 is 9.47 Å². The standard InChI is InChI=1S/C21H23N3O2S/c1-5-11-24-20(17-8-6-7-15(2)12-17)22-23-21(24)27-14-16-9-10-18(25-3)19(13-16)26-4/h5-10,12-13H,1,11,14H2,2-4H3. The first kappa shape index (κ1) is 19.0. The van der Waals surface area contributed by atoms with Crippen LogP contribution in [0.4, 0.5) is 0 Å². The smallest absolute Gasteiger partial charge is 0.192 e. The predicted octanol–water partition coefficient (Wildman–Crippen LogP) is 4.75. The van der Waals surface area contributed by atoms with Crippen molar-refractivity contribution in [1.29, 1.82) is 0 Å². The van der Waals surface area contributed by atoms with E-state index in [-0.39, 0.29) is 0 Å². The van der Waals surface area contributed by atoms with E-state index in [2.05, 4.69) is 46.5 Å². The maximum Gasteiger partial charge on any atom is 0.192 e. The second-order valence-corrected chi connectivity index (χ2v) is 7.00. The van der Waals surface area contributed by atoms with E-state index in [0.29, 0.717) is 6.54 Å². The van der Waals surface area contributed by atoms with Crippen LogP contribution in [0.25, 0.3) is 11.4 Å². The third kappa shape index (κ3) is 4.34. The van der Waals surface area contributed by atoms with E-state index in [4.69, 9.17) is 9.47 Å². The molecule has 1 heterocycles. The molecule has 0 spiro atoms. The molecule has 0 radical (unpaired) electrons. The molecule has 3 aromatic rings. The van der Waals surface area contributed by atoms with Gasteiger partial charge in [-0.2, -0.15) is 0 Å². The van der Waals surface area contributed by atoms with Gasteiger partial charge in [0.1, 0.15) is 0 Å². The average molecular weight is 382 g/mol. The number of ether oxygens (including phenoxy) is 2. The quantitative estimate of drug-likeness (QED) is 0.416. The summed E-state index contributed by atoms with van der Waals surface area (Å²) in [5, 5.41) is 9.69. The summed E-state index contributed by atoms with van der Waals surface area (Å²) in [5.41, 5.74) is 3.38. The van der Waals surface area contributed by atoms with Crippen molar-refractivity contribution in [2.75, 3.05) is 14.2 Å². The van der Waals surface area contributed by atoms with Crippen LogP contribution in [0.2, 0.25) is 0 Å². The molecule has 0 atom stereocenters. The Labute approximate surface area is 164 Å². The van der Waals surface area contributed by atoms with E-state index >= 15 is 0 Å². The molecule has 6 heteroatoms. The number of nitrogens with zero attached hydrogens (tertiary/aromatic N) is 3. The minimum atomic E-state index is 0.657. The van der Waals surface area contributed by atoms with Crippen LogP contribution in [-0.4, -0.2) is 29.0 Å². The summed E-state index contributed by atoms with van der Waals surface area (Å²) in [4.78, 5) is 0. The Kier molecular flexibility index (Phi) is 6.19. The molecule has 0 fully saturated rings. The number of hydrogen-bond acceptors (Lipinski definition) is 5. The highest BCUT2D eigenvalue weighted by atomic mass is 32.2. The van der Waals surface area contributed by atoms with Gasteiger partial charge < -0.3 is 9.47 Å². The van der Waals surface area contributed by atoms with E-state index in [9.17, 15) is 0 Å². The lowest BCUT2D eigenvalue weighted by Crippen LogP contribution is -2.01. The van der Waals surface area contributed by atoms with Crippen molar-refractivity contribution in [3.05, 3.63) is 66.2 Å². The summed E-state index contributed by atoms with van der Waals surface area (Å²) >= 11 is 1.64. The van der Waals surface area contributed by atoms with Crippen LogP contribution in [-0.2, 0) is 12.3 Å². The molecule has 0 aliphatic carbocycles. The number of allylic oxidation sites excluding steroid dienone is 1. The topological polar surface area (TPSA) is 49.2 Å². The zero-order chi connectivity index (χ0) is 19.2. The number of aryl methyl sites for hydroxylation is 1. The second-order valence-electron chi connectivity index (χ2n) is 6.05. The molecule has 1 aromatic heterocycles. The number of hydrogen-bond donors (Lipinski definition) is 0. The van der Waals surface area contributed by atoms with Gasteiger partial charge in [-0.25, -0.2) is 0 Å². The molecule has 0 N–H and O–H groups in total. The van der Waals surface area contributed by atoms with Crippen molar-refractivity contribution in [3.8, 4) is 22.9 Å². The molecular formula is C21H23N3O2S. The number of rotatable bonds is 8. The first-order valence-electron chi connectivity index (χ1n) is 8.61. The van der Waals surface area contributed by atoms with Crippen molar-refractivity contribution in [2.24, 2.45) is 0 Å². The molecule has 0 saturated heterocycles. The van der Waals surface area contributed by atoms with Crippen molar-refractivity contribution >= 4 is 11.8 Å². The van der Waals surface area contributed by atoms with Gasteiger partial charge in [-0.1, -0.05) is 47.7 Å². The molecule has 0 aliphatic heterocycles. The monoisotopic (exact) mass is 381 g/mol. The van der Waals surface area contributed by atoms with E-state index in [1.54, 1.807) is 26.0 Å². The van der Waals surface area contributed by atoms with Crippen molar-refractivity contribution in [2.45, 2.75) is 24.4 Å². The molecule has 0 unspecified atom stereocenters. The lowest BCUT2D eigenvalue weighted by atomic mass is 10.1. The van der Waals surface area contributed by atoms with E-state index in [1.165, 1.54) is 5.56 Å². The maximum absolute atomic E-state index is 5.38. The Balaban J connectivity index is 1.84. The van der Waals surface area contributed by atoms with Gasteiger partial charge in [0.15, 0.2) is 22.5 Å². The highest BCUT2D eigenvalue weighted by molar-refractivity contribution is 7.98. The van der Waals surface area contributed by atoms with Gasteiger partial charge in [0.2, 0.25) is 0 Å². The molecule has 0 bridgehead atoms. The Morgan fingerprint density at radius 3 is 2.59 bits per heavy atom. The van der Waals surface area contributed by atoms with E-state index in [1.807, 2.05) is 30.3 Å². The number of aromatic nitrogens is 3. The van der Waals surface area contributed by atoms with Crippen LogP contribution in [0.15, 0.2) is 60.3 Å². The van der Waals surface area contributed by atoms with Gasteiger partial charge in [0.25, 0.3) is 0 Å². The molecule has 3 rings (SSSR count). The Bertz CT molecular complexity index is 937. The Morgan fingerprint density at radius 1 is 1.07 bits per heavy atom. The summed E-state index contributed by atoms with van der Waals surface area (Å²) in [6, 6.07) is 14.2. The Hall–Kier alpha value is -2.73. The molecule has 2 aromatic carbocycles. The van der Waals surface area contributed by atoms with Gasteiger partial charge in [-0.15, -0.1) is 16.8 Å². The lowest BCUT2D eigenvalue weighted by molar-refractivity contribution is 0.354. The van der Waals surface area contributed by atoms with Crippen LogP contribution in [0.3, 0.4) is 0 Å². The highest BCUT2D eigenvalue weighted by Gasteiger charge is 2.14. The third-order valence-electron chi connectivity index (χ3n) is 4.12. The SMILES string of the molecule is C=CCn1c(SCc2ccc(OC)c(OC)c2)nnc1-c1cccc(C)c1. The molecule has 5 nitrogen and oxygen atoms in total. The predicted molar refractivity (Wildman–Crippen MR) is 109 cm³/mol. The number of benzene rings is 2. The van der Waals surface area contributed by atoms with Gasteiger partial charge in [0.05, 0.1) is 14.2 Å². The first-order valence-corrected chi connectivity index (χ1v) is 9.59. The lowest BCUT2D eigenvalue weighted by Gasteiger charge is -2.10. The molecule has 0 saturated carbocycles. The number of methoxy groups -OCH3 is 2. The zero-order valence-electron chi connectivity index (χ0n) is 15.8. The third-order valence-corrected chi connectivity index (χ3v) is 5.16. The zero-order valence-corrected chi connectivity index (χ0v) is 16.6. The van der Waals surface area contributed by atoms with Crippen LogP contribution < -0.4 is 9.47 Å². The fraction of sp³-hybridized carbons (Fsp3) is 0.238. The van der Waals surface area contributed by atoms with Gasteiger partial charge in [-0.05, 0) is 30.7 Å². The summed E-state index contributed by atoms with van der Waals surface area (Å²) in [6.07, 6.45) is 1.86. The minimum absolute atomic E-state index is 0.657. The van der Waals surface area contributed by atoms with E-state index in [0.717, 1.165) is 39.4 Å². The summed E-state index contributed by atoms with van der Waals surface area (Å²) in [6.45, 7) is 6.60. The normalized spacial score (nSPS) is 10.6. The van der Waals surface area contributed by atoms with Crippen molar-refractivity contribution in [1.82, 2.24) is 14.8 Å². The largest absolute Gasteiger partial charge is 0.493 e. The highest BCUT2D eigenvalue weighted by Crippen LogP contribution is 2.31.